The van der Waals surface area contributed by atoms with Crippen LogP contribution in [0.5, 0.6) is 0 Å². The lowest BCUT2D eigenvalue weighted by Gasteiger charge is -2.31. The van der Waals surface area contributed by atoms with Gasteiger partial charge in [0.05, 0.1) is 10.8 Å². The normalized spacial score (nSPS) is 10.4. The average Bonchev–Trinajstić information content (AvgIpc) is 3.30. The van der Waals surface area contributed by atoms with Gasteiger partial charge in [0.2, 0.25) is 6.79 Å². The Kier molecular flexibility index (Phi) is 43.3. The summed E-state index contributed by atoms with van der Waals surface area (Å²) in [7, 11) is 0. The number of hydrogen-bond donors (Lipinski definition) is 0. The zero-order chi connectivity index (χ0) is 57.1. The van der Waals surface area contributed by atoms with Crippen molar-refractivity contribution in [3.05, 3.63) is 0 Å². The fraction of sp³-hybridized carbons (Fsp3) is 0.755. The van der Waals surface area contributed by atoms with Crippen LogP contribution < -0.4 is 0 Å². The molecule has 0 spiro atoms. The van der Waals surface area contributed by atoms with E-state index in [0.717, 1.165) is 6.42 Å². The second-order valence-corrected chi connectivity index (χ2v) is 16.9. The lowest BCUT2D eigenvalue weighted by atomic mass is 9.88. The molecule has 0 aliphatic heterocycles. The predicted molar refractivity (Wildman–Crippen MR) is 255 cm³/mol. The second kappa shape index (κ2) is 43.2. The molecule has 0 fully saturated rings. The van der Waals surface area contributed by atoms with Crippen molar-refractivity contribution in [2.45, 2.75) is 155 Å². The van der Waals surface area contributed by atoms with Gasteiger partial charge in [-0.2, -0.15) is 0 Å². The molecule has 0 saturated heterocycles. The Morgan fingerprint density at radius 2 is 0.479 bits per heavy atom. The third kappa shape index (κ3) is 47.7. The molecular weight excluding hydrogens is 973 g/mol. The van der Waals surface area contributed by atoms with Crippen molar-refractivity contribution in [1.82, 2.24) is 0 Å². The highest BCUT2D eigenvalue weighted by atomic mass is 16.7. The van der Waals surface area contributed by atoms with Gasteiger partial charge in [-0.05, 0) is 39.0 Å². The van der Waals surface area contributed by atoms with Crippen molar-refractivity contribution in [1.29, 1.82) is 0 Å². The maximum Gasteiger partial charge on any atom is 0.308 e. The van der Waals surface area contributed by atoms with E-state index in [4.69, 9.17) is 47.4 Å². The maximum atomic E-state index is 11.6. The van der Waals surface area contributed by atoms with E-state index in [9.17, 15) is 57.5 Å². The van der Waals surface area contributed by atoms with Crippen LogP contribution in [-0.4, -0.2) is 144 Å². The minimum Gasteiger partial charge on any atom is -0.465 e. The maximum absolute atomic E-state index is 11.6. The largest absolute Gasteiger partial charge is 0.465 e. The van der Waals surface area contributed by atoms with E-state index >= 15 is 0 Å². The summed E-state index contributed by atoms with van der Waals surface area (Å²) in [6.07, 6.45) is 4.55. The fourth-order valence-electron chi connectivity index (χ4n) is 4.64. The molecule has 0 bridgehead atoms. The van der Waals surface area contributed by atoms with Crippen molar-refractivity contribution < 1.29 is 114 Å². The highest BCUT2D eigenvalue weighted by Crippen LogP contribution is 2.25. The summed E-state index contributed by atoms with van der Waals surface area (Å²) in [6, 6.07) is 0. The predicted octanol–water partition coefficient (Wildman–Crippen LogP) is 5.17. The third-order valence-corrected chi connectivity index (χ3v) is 8.86. The number of carbonyl (C=O) groups is 12. The van der Waals surface area contributed by atoms with Crippen LogP contribution in [0.2, 0.25) is 0 Å². The third-order valence-electron chi connectivity index (χ3n) is 8.86. The monoisotopic (exact) mass is 1050 g/mol. The molecule has 0 radical (unpaired) electrons. The van der Waals surface area contributed by atoms with Crippen molar-refractivity contribution in [2.75, 3.05) is 72.9 Å². The standard InChI is InChI=1S/C15H24O8.C14H24O6.C13H22O6.C7H12O4/c1-5-6-14(19)23-10-15(7-20-11(2)16,8-21-12(3)17)9-22-13(4)18;1-5-7-13(17)20-10-14(6-2,8-18-11(3)15)9-19-12(4)16;1-5-6-12(16)19-9-13(4,7-17-10(2)14)8-18-11(3)15;1-3-4-7(9)11-5-10-6(2)8/h5-10H2,1-4H3;5-10H2,1-4H3;5-9H2,1-4H3;3-5H2,1-2H3. The molecule has 0 aromatic heterocycles. The van der Waals surface area contributed by atoms with Crippen molar-refractivity contribution >= 4 is 71.6 Å². The van der Waals surface area contributed by atoms with Crippen LogP contribution in [0.4, 0.5) is 0 Å². The molecule has 0 aromatic rings. The molecule has 0 unspecified atom stereocenters. The van der Waals surface area contributed by atoms with Gasteiger partial charge in [0.15, 0.2) is 0 Å². The quantitative estimate of drug-likeness (QED) is 0.0491. The van der Waals surface area contributed by atoms with Crippen LogP contribution in [-0.2, 0) is 114 Å². The lowest BCUT2D eigenvalue weighted by Crippen LogP contribution is -2.43. The molecule has 0 saturated carbocycles. The van der Waals surface area contributed by atoms with E-state index in [0.29, 0.717) is 44.9 Å². The Morgan fingerprint density at radius 3 is 0.740 bits per heavy atom. The summed E-state index contributed by atoms with van der Waals surface area (Å²) < 4.78 is 59.0. The molecule has 0 heterocycles. The molecule has 0 N–H and O–H groups in total. The van der Waals surface area contributed by atoms with Gasteiger partial charge in [0, 0.05) is 81.1 Å². The number of carbonyl (C=O) groups excluding carboxylic acids is 12. The first kappa shape index (κ1) is 73.2. The Labute approximate surface area is 429 Å². The minimum atomic E-state index is -1.15. The van der Waals surface area contributed by atoms with Gasteiger partial charge >= 0.3 is 71.6 Å². The molecule has 0 amide bonds. The van der Waals surface area contributed by atoms with Gasteiger partial charge in [0.1, 0.15) is 71.5 Å². The molecule has 24 heteroatoms. The Balaban J connectivity index is -0.000000446. The van der Waals surface area contributed by atoms with E-state index < -0.39 is 70.0 Å². The van der Waals surface area contributed by atoms with Crippen LogP contribution in [0.1, 0.15) is 155 Å². The lowest BCUT2D eigenvalue weighted by molar-refractivity contribution is -0.170. The molecule has 24 nitrogen and oxygen atoms in total. The van der Waals surface area contributed by atoms with Gasteiger partial charge in [-0.3, -0.25) is 57.5 Å². The van der Waals surface area contributed by atoms with Crippen molar-refractivity contribution in [2.24, 2.45) is 16.2 Å². The van der Waals surface area contributed by atoms with Gasteiger partial charge in [0.25, 0.3) is 0 Å². The van der Waals surface area contributed by atoms with Gasteiger partial charge in [-0.25, -0.2) is 0 Å². The second-order valence-electron chi connectivity index (χ2n) is 16.9. The van der Waals surface area contributed by atoms with Crippen molar-refractivity contribution in [3.63, 3.8) is 0 Å². The van der Waals surface area contributed by atoms with Crippen LogP contribution in [0.3, 0.4) is 0 Å². The van der Waals surface area contributed by atoms with Gasteiger partial charge < -0.3 is 56.8 Å². The van der Waals surface area contributed by atoms with Gasteiger partial charge in [-0.15, -0.1) is 0 Å². The fourth-order valence-corrected chi connectivity index (χ4v) is 4.64. The molecular formula is C49H82O24. The SMILES string of the molecule is CCCC(=O)OCC(C)(COC(C)=O)COC(C)=O.CCCC(=O)OCC(CC)(COC(C)=O)COC(C)=O.CCCC(=O)OCC(COC(C)=O)(COC(C)=O)COC(C)=O.CCCC(=O)OCOC(C)=O. The number of hydrogen-bond acceptors (Lipinski definition) is 24. The zero-order valence-electron chi connectivity index (χ0n) is 45.4. The highest BCUT2D eigenvalue weighted by molar-refractivity contribution is 5.71. The summed E-state index contributed by atoms with van der Waals surface area (Å²) in [5.41, 5.74) is -2.58. The molecule has 0 aliphatic carbocycles. The van der Waals surface area contributed by atoms with Crippen LogP contribution in [0.15, 0.2) is 0 Å². The van der Waals surface area contributed by atoms with Crippen LogP contribution in [0.25, 0.3) is 0 Å². The Morgan fingerprint density at radius 1 is 0.274 bits per heavy atom. The molecule has 73 heavy (non-hydrogen) atoms. The molecule has 0 atom stereocenters. The number of esters is 12. The summed E-state index contributed by atoms with van der Waals surface area (Å²) in [5.74, 6) is -5.25. The summed E-state index contributed by atoms with van der Waals surface area (Å²) >= 11 is 0. The van der Waals surface area contributed by atoms with Crippen LogP contribution >= 0.6 is 0 Å². The number of ether oxygens (including phenoxy) is 12. The minimum absolute atomic E-state index is 0.0228. The van der Waals surface area contributed by atoms with E-state index in [-0.39, 0.29) is 97.2 Å². The van der Waals surface area contributed by atoms with E-state index in [1.807, 2.05) is 34.6 Å². The van der Waals surface area contributed by atoms with E-state index in [1.54, 1.807) is 6.92 Å². The molecule has 0 aromatic carbocycles. The average molecular weight is 1060 g/mol. The van der Waals surface area contributed by atoms with Gasteiger partial charge in [-0.1, -0.05) is 34.6 Å². The highest BCUT2D eigenvalue weighted by Gasteiger charge is 2.37. The summed E-state index contributed by atoms with van der Waals surface area (Å²) in [5, 5.41) is 0. The van der Waals surface area contributed by atoms with Crippen LogP contribution in [0, 0.1) is 16.2 Å². The van der Waals surface area contributed by atoms with Crippen molar-refractivity contribution in [3.8, 4) is 0 Å². The first-order valence-electron chi connectivity index (χ1n) is 23.7. The molecule has 0 aliphatic rings. The van der Waals surface area contributed by atoms with E-state index in [1.165, 1.54) is 55.4 Å². The van der Waals surface area contributed by atoms with E-state index in [2.05, 4.69) is 9.47 Å². The zero-order valence-corrected chi connectivity index (χ0v) is 45.4. The number of rotatable bonds is 31. The molecule has 422 valence electrons. The first-order chi connectivity index (χ1) is 34.0. The first-order valence-corrected chi connectivity index (χ1v) is 23.7. The smallest absolute Gasteiger partial charge is 0.308 e. The topological polar surface area (TPSA) is 316 Å². The summed E-state index contributed by atoms with van der Waals surface area (Å²) in [6.45, 7) is 20.2. The summed E-state index contributed by atoms with van der Waals surface area (Å²) in [4.78, 5) is 132. The Bertz CT molecular complexity index is 1620. The Hall–Kier alpha value is -6.36. The molecule has 0 rings (SSSR count).